The van der Waals surface area contributed by atoms with E-state index in [0.29, 0.717) is 29.2 Å². The molecule has 0 bridgehead atoms. The molecule has 1 aliphatic carbocycles. The molecule has 2 amide bonds. The number of hydrogen-bond donors (Lipinski definition) is 3. The number of carboxylic acid groups (broad SMARTS) is 1. The van der Waals surface area contributed by atoms with Crippen molar-refractivity contribution in [2.45, 2.75) is 62.8 Å². The summed E-state index contributed by atoms with van der Waals surface area (Å²) < 4.78 is 1.77. The number of hydrazine groups is 1. The van der Waals surface area contributed by atoms with Gasteiger partial charge in [0.15, 0.2) is 11.3 Å². The Bertz CT molecular complexity index is 1240. The zero-order chi connectivity index (χ0) is 24.0. The second-order valence-corrected chi connectivity index (χ2v) is 9.66. The van der Waals surface area contributed by atoms with Crippen LogP contribution in [-0.4, -0.2) is 62.1 Å². The molecule has 10 nitrogen and oxygen atoms in total. The number of carboxylic acids is 1. The van der Waals surface area contributed by atoms with Crippen molar-refractivity contribution >= 4 is 39.8 Å². The van der Waals surface area contributed by atoms with Gasteiger partial charge >= 0.3 is 12.0 Å². The van der Waals surface area contributed by atoms with Crippen molar-refractivity contribution in [1.29, 1.82) is 0 Å². The first-order valence-corrected chi connectivity index (χ1v) is 12.5. The van der Waals surface area contributed by atoms with Crippen molar-refractivity contribution in [2.75, 3.05) is 13.1 Å². The Kier molecular flexibility index (Phi) is 5.98. The molecule has 3 N–H and O–H groups in total. The summed E-state index contributed by atoms with van der Waals surface area (Å²) in [6.45, 7) is 4.82. The fourth-order valence-corrected chi connectivity index (χ4v) is 6.24. The summed E-state index contributed by atoms with van der Waals surface area (Å²) in [5, 5.41) is 11.0. The van der Waals surface area contributed by atoms with Crippen LogP contribution < -0.4 is 16.4 Å². The molecule has 3 aliphatic rings. The number of thioether (sulfide) groups is 1. The minimum Gasteiger partial charge on any atom is -0.478 e. The van der Waals surface area contributed by atoms with E-state index in [1.54, 1.807) is 26.5 Å². The lowest BCUT2D eigenvalue weighted by molar-refractivity contribution is 0.0694. The van der Waals surface area contributed by atoms with Gasteiger partial charge in [0, 0.05) is 24.5 Å². The minimum atomic E-state index is -1.15. The number of urea groups is 1. The number of likely N-dealkylation sites (N-methyl/N-ethyl adjacent to an activating group) is 2. The standard InChI is InChI=1S/C23H28N6O4S/c1-3-27-18-19(28(4-2)23(27)33)25-26-22(24-18)34-17-16(21(31)32)14-11-7-8-12-15(14)29(20(17)30)13-9-5-6-10-13/h7-8,11-13,18-19,25H,3-6,9-10H2,1-2H3,(H,24,26)(H,31,32). The van der Waals surface area contributed by atoms with E-state index in [2.05, 4.69) is 10.9 Å². The number of aliphatic imine (C=N–C) groups is 1. The minimum absolute atomic E-state index is 0.0171. The summed E-state index contributed by atoms with van der Waals surface area (Å²) in [5.74, 6) is -1.15. The summed E-state index contributed by atoms with van der Waals surface area (Å²) in [5.41, 5.74) is 6.44. The van der Waals surface area contributed by atoms with Gasteiger partial charge in [-0.05, 0) is 44.5 Å². The molecule has 1 aromatic heterocycles. The molecule has 0 radical (unpaired) electrons. The highest BCUT2D eigenvalue weighted by atomic mass is 32.2. The van der Waals surface area contributed by atoms with Crippen LogP contribution >= 0.6 is 11.8 Å². The summed E-state index contributed by atoms with van der Waals surface area (Å²) in [6.07, 6.45) is 3.07. The first-order valence-electron chi connectivity index (χ1n) is 11.7. The van der Waals surface area contributed by atoms with Gasteiger partial charge in [0.25, 0.3) is 5.56 Å². The Hall–Kier alpha value is -3.05. The molecule has 1 aromatic carbocycles. The van der Waals surface area contributed by atoms with E-state index in [1.165, 1.54) is 0 Å². The summed E-state index contributed by atoms with van der Waals surface area (Å²) in [6, 6.07) is 7.14. The predicted molar refractivity (Wildman–Crippen MR) is 130 cm³/mol. The molecule has 2 aromatic rings. The Morgan fingerprint density at radius 1 is 1.15 bits per heavy atom. The lowest BCUT2D eigenvalue weighted by Crippen LogP contribution is -2.58. The smallest absolute Gasteiger partial charge is 0.337 e. The number of carbonyl (C=O) groups excluding carboxylic acids is 1. The van der Waals surface area contributed by atoms with Crippen molar-refractivity contribution in [1.82, 2.24) is 25.2 Å². The lowest BCUT2D eigenvalue weighted by atomic mass is 10.1. The number of pyridine rings is 1. The van der Waals surface area contributed by atoms with Gasteiger partial charge < -0.3 is 14.6 Å². The third-order valence-electron chi connectivity index (χ3n) is 6.86. The van der Waals surface area contributed by atoms with Crippen LogP contribution in [0.4, 0.5) is 4.79 Å². The maximum Gasteiger partial charge on any atom is 0.337 e. The van der Waals surface area contributed by atoms with Crippen LogP contribution in [0.1, 0.15) is 55.9 Å². The first kappa shape index (κ1) is 22.7. The highest BCUT2D eigenvalue weighted by Crippen LogP contribution is 2.35. The van der Waals surface area contributed by atoms with Crippen LogP contribution in [-0.2, 0) is 0 Å². The number of aromatic carboxylic acids is 1. The number of hydrogen-bond acceptors (Lipinski definition) is 7. The Morgan fingerprint density at radius 3 is 2.53 bits per heavy atom. The number of para-hydroxylation sites is 1. The molecule has 11 heteroatoms. The molecule has 1 saturated carbocycles. The largest absolute Gasteiger partial charge is 0.478 e. The predicted octanol–water partition coefficient (Wildman–Crippen LogP) is 2.80. The van der Waals surface area contributed by atoms with Gasteiger partial charge in [0.05, 0.1) is 16.0 Å². The second kappa shape index (κ2) is 8.95. The van der Waals surface area contributed by atoms with E-state index in [9.17, 15) is 19.5 Å². The average molecular weight is 485 g/mol. The highest BCUT2D eigenvalue weighted by molar-refractivity contribution is 8.13. The molecular weight excluding hydrogens is 456 g/mol. The number of aromatic nitrogens is 1. The monoisotopic (exact) mass is 484 g/mol. The van der Waals surface area contributed by atoms with Crippen molar-refractivity contribution in [3.05, 3.63) is 40.2 Å². The number of benzene rings is 1. The SMILES string of the molecule is CCN1C(=O)N(CC)C2NNC(Sc3c(C(=O)O)c4ccccc4n(C4CCCC4)c3=O)=NC21. The second-order valence-electron chi connectivity index (χ2n) is 8.66. The van der Waals surface area contributed by atoms with Crippen LogP contribution in [0.3, 0.4) is 0 Å². The molecule has 34 heavy (non-hydrogen) atoms. The van der Waals surface area contributed by atoms with Crippen LogP contribution in [0.25, 0.3) is 10.9 Å². The van der Waals surface area contributed by atoms with E-state index in [1.807, 2.05) is 26.0 Å². The van der Waals surface area contributed by atoms with E-state index in [-0.39, 0.29) is 34.3 Å². The molecule has 3 heterocycles. The van der Waals surface area contributed by atoms with Gasteiger partial charge in [0.1, 0.15) is 6.17 Å². The topological polar surface area (TPSA) is 119 Å². The molecule has 2 aliphatic heterocycles. The number of amidine groups is 1. The zero-order valence-electron chi connectivity index (χ0n) is 19.2. The molecule has 1 saturated heterocycles. The molecule has 5 rings (SSSR count). The normalized spacial score (nSPS) is 22.8. The van der Waals surface area contributed by atoms with E-state index < -0.39 is 12.1 Å². The fraction of sp³-hybridized carbons (Fsp3) is 0.478. The number of nitrogens with zero attached hydrogens (tertiary/aromatic N) is 4. The molecule has 2 fully saturated rings. The van der Waals surface area contributed by atoms with Gasteiger partial charge in [0.2, 0.25) is 0 Å². The fourth-order valence-electron chi connectivity index (χ4n) is 5.29. The van der Waals surface area contributed by atoms with Gasteiger partial charge in [-0.15, -0.1) is 0 Å². The lowest BCUT2D eigenvalue weighted by Gasteiger charge is -2.31. The van der Waals surface area contributed by atoms with Crippen molar-refractivity contribution in [3.8, 4) is 0 Å². The summed E-state index contributed by atoms with van der Waals surface area (Å²) >= 11 is 1.01. The van der Waals surface area contributed by atoms with Gasteiger partial charge in [-0.25, -0.2) is 20.0 Å². The molecule has 0 spiro atoms. The Morgan fingerprint density at radius 2 is 1.85 bits per heavy atom. The van der Waals surface area contributed by atoms with Crippen LogP contribution in [0, 0.1) is 0 Å². The Balaban J connectivity index is 1.62. The van der Waals surface area contributed by atoms with Crippen LogP contribution in [0.5, 0.6) is 0 Å². The summed E-state index contributed by atoms with van der Waals surface area (Å²) in [4.78, 5) is 47.1. The molecule has 180 valence electrons. The van der Waals surface area contributed by atoms with Crippen molar-refractivity contribution < 1.29 is 14.7 Å². The quantitative estimate of drug-likeness (QED) is 0.597. The van der Waals surface area contributed by atoms with Crippen molar-refractivity contribution in [2.24, 2.45) is 4.99 Å². The van der Waals surface area contributed by atoms with Gasteiger partial charge in [-0.1, -0.05) is 31.0 Å². The maximum absolute atomic E-state index is 13.8. The highest BCUT2D eigenvalue weighted by Gasteiger charge is 2.46. The zero-order valence-corrected chi connectivity index (χ0v) is 20.0. The summed E-state index contributed by atoms with van der Waals surface area (Å²) in [7, 11) is 0. The van der Waals surface area contributed by atoms with E-state index >= 15 is 0 Å². The van der Waals surface area contributed by atoms with Crippen LogP contribution in [0.2, 0.25) is 0 Å². The molecule has 2 unspecified atom stereocenters. The third-order valence-corrected chi connectivity index (χ3v) is 7.85. The number of rotatable bonds is 5. The maximum atomic E-state index is 13.8. The third kappa shape index (κ3) is 3.54. The average Bonchev–Trinajstić information content (AvgIpc) is 3.44. The molecular formula is C23H28N6O4S. The van der Waals surface area contributed by atoms with E-state index in [0.717, 1.165) is 37.4 Å². The number of nitrogens with one attached hydrogen (secondary N) is 2. The van der Waals surface area contributed by atoms with Crippen molar-refractivity contribution in [3.63, 3.8) is 0 Å². The van der Waals surface area contributed by atoms with E-state index in [4.69, 9.17) is 4.99 Å². The van der Waals surface area contributed by atoms with Gasteiger partial charge in [-0.3, -0.25) is 15.1 Å². The number of carbonyl (C=O) groups is 2. The molecule has 2 atom stereocenters. The first-order chi connectivity index (χ1) is 16.5. The van der Waals surface area contributed by atoms with Crippen LogP contribution in [0.15, 0.2) is 38.9 Å². The van der Waals surface area contributed by atoms with Gasteiger partial charge in [-0.2, -0.15) is 0 Å². The number of amides is 2. The Labute approximate surface area is 201 Å². The number of fused-ring (bicyclic) bond motifs is 2.